The fourth-order valence-electron chi connectivity index (χ4n) is 2.74. The van der Waals surface area contributed by atoms with E-state index in [1.54, 1.807) is 0 Å². The van der Waals surface area contributed by atoms with Crippen molar-refractivity contribution in [3.05, 3.63) is 29.3 Å². The van der Waals surface area contributed by atoms with Crippen LogP contribution in [0.3, 0.4) is 0 Å². The fraction of sp³-hybridized carbons (Fsp3) is 0.571. The lowest BCUT2D eigenvalue weighted by atomic mass is 9.96. The summed E-state index contributed by atoms with van der Waals surface area (Å²) in [6.07, 6.45) is 3.33. The molecule has 94 valence electrons. The molecular weight excluding hydrogens is 228 g/mol. The summed E-state index contributed by atoms with van der Waals surface area (Å²) in [6.45, 7) is 4.15. The number of thioether (sulfide) groups is 1. The van der Waals surface area contributed by atoms with Crippen LogP contribution in [-0.4, -0.2) is 31.3 Å². The zero-order chi connectivity index (χ0) is 12.4. The Kier molecular flexibility index (Phi) is 4.13. The Morgan fingerprint density at radius 1 is 1.47 bits per heavy atom. The number of benzene rings is 1. The first kappa shape index (κ1) is 12.9. The normalized spacial score (nSPS) is 25.4. The number of nitrogens with zero attached hydrogens (tertiary/aromatic N) is 1. The van der Waals surface area contributed by atoms with E-state index in [9.17, 15) is 0 Å². The summed E-state index contributed by atoms with van der Waals surface area (Å²) < 4.78 is 0. The quantitative estimate of drug-likeness (QED) is 0.836. The van der Waals surface area contributed by atoms with Crippen molar-refractivity contribution in [3.8, 4) is 0 Å². The van der Waals surface area contributed by atoms with Crippen LogP contribution in [0, 0.1) is 12.8 Å². The van der Waals surface area contributed by atoms with Gasteiger partial charge in [0, 0.05) is 17.5 Å². The van der Waals surface area contributed by atoms with Crippen molar-refractivity contribution in [3.63, 3.8) is 0 Å². The number of likely N-dealkylation sites (tertiary alicyclic amines) is 1. The Morgan fingerprint density at radius 3 is 2.82 bits per heavy atom. The summed E-state index contributed by atoms with van der Waals surface area (Å²) >= 11 is 1.82. The van der Waals surface area contributed by atoms with Crippen molar-refractivity contribution in [2.75, 3.05) is 26.4 Å². The first-order chi connectivity index (χ1) is 8.15. The first-order valence-electron chi connectivity index (χ1n) is 6.20. The Bertz CT molecular complexity index is 392. The highest BCUT2D eigenvalue weighted by Crippen LogP contribution is 2.36. The molecule has 2 nitrogen and oxygen atoms in total. The third kappa shape index (κ3) is 2.67. The maximum Gasteiger partial charge on any atom is 0.0351 e. The van der Waals surface area contributed by atoms with Crippen molar-refractivity contribution in [1.82, 2.24) is 4.90 Å². The number of aryl methyl sites for hydroxylation is 1. The maximum atomic E-state index is 5.80. The van der Waals surface area contributed by atoms with Crippen molar-refractivity contribution < 1.29 is 0 Å². The van der Waals surface area contributed by atoms with Gasteiger partial charge in [0.25, 0.3) is 0 Å². The number of nitrogens with two attached hydrogens (primary N) is 1. The smallest absolute Gasteiger partial charge is 0.0351 e. The van der Waals surface area contributed by atoms with Gasteiger partial charge in [-0.15, -0.1) is 11.8 Å². The van der Waals surface area contributed by atoms with E-state index in [1.807, 2.05) is 11.8 Å². The van der Waals surface area contributed by atoms with Crippen molar-refractivity contribution in [1.29, 1.82) is 0 Å². The fourth-order valence-corrected chi connectivity index (χ4v) is 3.19. The molecule has 0 radical (unpaired) electrons. The van der Waals surface area contributed by atoms with Gasteiger partial charge in [-0.05, 0) is 62.4 Å². The van der Waals surface area contributed by atoms with Gasteiger partial charge in [-0.1, -0.05) is 6.07 Å². The van der Waals surface area contributed by atoms with Crippen LogP contribution in [-0.2, 0) is 0 Å². The highest BCUT2D eigenvalue weighted by molar-refractivity contribution is 7.98. The van der Waals surface area contributed by atoms with Gasteiger partial charge < -0.3 is 5.73 Å². The molecule has 17 heavy (non-hydrogen) atoms. The highest BCUT2D eigenvalue weighted by Gasteiger charge is 2.30. The molecule has 1 aliphatic rings. The van der Waals surface area contributed by atoms with E-state index in [0.29, 0.717) is 12.0 Å². The minimum atomic E-state index is 0.552. The topological polar surface area (TPSA) is 29.3 Å². The molecule has 2 N–H and O–H groups in total. The molecule has 1 fully saturated rings. The molecule has 0 aliphatic carbocycles. The van der Waals surface area contributed by atoms with Gasteiger partial charge in [0.2, 0.25) is 0 Å². The van der Waals surface area contributed by atoms with E-state index < -0.39 is 0 Å². The lowest BCUT2D eigenvalue weighted by Crippen LogP contribution is -2.21. The van der Waals surface area contributed by atoms with Crippen molar-refractivity contribution in [2.24, 2.45) is 11.7 Å². The van der Waals surface area contributed by atoms with Crippen LogP contribution in [0.4, 0.5) is 0 Å². The Hall–Kier alpha value is -0.510. The van der Waals surface area contributed by atoms with Crippen LogP contribution < -0.4 is 5.73 Å². The van der Waals surface area contributed by atoms with Crippen LogP contribution in [0.1, 0.15) is 23.6 Å². The lowest BCUT2D eigenvalue weighted by molar-refractivity contribution is 0.312. The predicted octanol–water partition coefficient (Wildman–Crippen LogP) is 2.67. The molecule has 1 saturated heterocycles. The summed E-state index contributed by atoms with van der Waals surface area (Å²) in [6, 6.07) is 7.35. The summed E-state index contributed by atoms with van der Waals surface area (Å²) in [4.78, 5) is 3.81. The predicted molar refractivity (Wildman–Crippen MR) is 75.5 cm³/mol. The van der Waals surface area contributed by atoms with Gasteiger partial charge in [-0.3, -0.25) is 4.90 Å². The van der Waals surface area contributed by atoms with E-state index in [-0.39, 0.29) is 0 Å². The molecule has 2 atom stereocenters. The summed E-state index contributed by atoms with van der Waals surface area (Å²) in [7, 11) is 2.21. The van der Waals surface area contributed by atoms with Gasteiger partial charge in [0.15, 0.2) is 0 Å². The second-order valence-corrected chi connectivity index (χ2v) is 5.89. The molecule has 0 bridgehead atoms. The van der Waals surface area contributed by atoms with Crippen LogP contribution in [0.25, 0.3) is 0 Å². The first-order valence-corrected chi connectivity index (χ1v) is 7.43. The van der Waals surface area contributed by atoms with Gasteiger partial charge in [-0.25, -0.2) is 0 Å². The minimum absolute atomic E-state index is 0.552. The third-order valence-corrected chi connectivity index (χ3v) is 4.54. The summed E-state index contributed by atoms with van der Waals surface area (Å²) in [5.41, 5.74) is 8.68. The van der Waals surface area contributed by atoms with Gasteiger partial charge in [-0.2, -0.15) is 0 Å². The number of hydrogen-bond acceptors (Lipinski definition) is 3. The molecule has 0 saturated carbocycles. The highest BCUT2D eigenvalue weighted by atomic mass is 32.2. The molecule has 1 aliphatic heterocycles. The monoisotopic (exact) mass is 250 g/mol. The molecular formula is C14H22N2S. The minimum Gasteiger partial charge on any atom is -0.330 e. The molecule has 0 amide bonds. The largest absolute Gasteiger partial charge is 0.330 e. The Balaban J connectivity index is 2.27. The van der Waals surface area contributed by atoms with E-state index >= 15 is 0 Å². The third-order valence-electron chi connectivity index (χ3n) is 3.81. The van der Waals surface area contributed by atoms with E-state index in [4.69, 9.17) is 5.73 Å². The average Bonchev–Trinajstić information content (AvgIpc) is 2.71. The summed E-state index contributed by atoms with van der Waals surface area (Å²) in [5, 5.41) is 0. The Morgan fingerprint density at radius 2 is 2.24 bits per heavy atom. The van der Waals surface area contributed by atoms with Gasteiger partial charge in [0.05, 0.1) is 0 Å². The Labute approximate surface area is 109 Å². The summed E-state index contributed by atoms with van der Waals surface area (Å²) in [5.74, 6) is 0.655. The van der Waals surface area contributed by atoms with Crippen molar-refractivity contribution in [2.45, 2.75) is 24.3 Å². The molecule has 2 unspecified atom stereocenters. The van der Waals surface area contributed by atoms with Gasteiger partial charge >= 0.3 is 0 Å². The molecule has 1 aromatic carbocycles. The molecule has 2 rings (SSSR count). The number of rotatable bonds is 3. The molecule has 1 heterocycles. The maximum absolute atomic E-state index is 5.80. The van der Waals surface area contributed by atoms with Crippen LogP contribution in [0.15, 0.2) is 23.1 Å². The van der Waals surface area contributed by atoms with Crippen molar-refractivity contribution >= 4 is 11.8 Å². The van der Waals surface area contributed by atoms with Crippen LogP contribution in [0.2, 0.25) is 0 Å². The number of hydrogen-bond donors (Lipinski definition) is 1. The van der Waals surface area contributed by atoms with Crippen LogP contribution >= 0.6 is 11.8 Å². The molecule has 0 spiro atoms. The van der Waals surface area contributed by atoms with E-state index in [1.165, 1.54) is 22.4 Å². The zero-order valence-electron chi connectivity index (χ0n) is 10.9. The lowest BCUT2D eigenvalue weighted by Gasteiger charge is -2.22. The second-order valence-electron chi connectivity index (χ2n) is 5.02. The molecule has 0 aromatic heterocycles. The van der Waals surface area contributed by atoms with E-state index in [2.05, 4.69) is 43.3 Å². The second kappa shape index (κ2) is 5.42. The average molecular weight is 250 g/mol. The zero-order valence-corrected chi connectivity index (χ0v) is 11.8. The van der Waals surface area contributed by atoms with E-state index in [0.717, 1.165) is 13.1 Å². The standard InChI is InChI=1S/C14H22N2S/c1-10-4-5-12(17-3)7-13(10)14-6-11(8-15)9-16(14)2/h4-5,7,11,14H,6,8-9,15H2,1-3H3. The molecule has 3 heteroatoms. The molecule has 1 aromatic rings. The van der Waals surface area contributed by atoms with Crippen LogP contribution in [0.5, 0.6) is 0 Å². The van der Waals surface area contributed by atoms with Gasteiger partial charge in [0.1, 0.15) is 0 Å². The SMILES string of the molecule is CSc1ccc(C)c(C2CC(CN)CN2C)c1.